The van der Waals surface area contributed by atoms with Gasteiger partial charge < -0.3 is 14.4 Å². The van der Waals surface area contributed by atoms with E-state index in [9.17, 15) is 5.26 Å². The summed E-state index contributed by atoms with van der Waals surface area (Å²) in [5.74, 6) is 1.59. The van der Waals surface area contributed by atoms with E-state index in [0.717, 1.165) is 52.5 Å². The second-order valence-corrected chi connectivity index (χ2v) is 6.36. The molecule has 0 spiro atoms. The molecule has 0 amide bonds. The maximum atomic E-state index is 9.73. The third-order valence-corrected chi connectivity index (χ3v) is 4.91. The number of methoxy groups -OCH3 is 2. The summed E-state index contributed by atoms with van der Waals surface area (Å²) in [4.78, 5) is 2.33. The highest BCUT2D eigenvalue weighted by atomic mass is 16.5. The molecule has 0 bridgehead atoms. The van der Waals surface area contributed by atoms with Crippen molar-refractivity contribution in [1.82, 2.24) is 0 Å². The minimum absolute atomic E-state index is 0.719. The lowest BCUT2D eigenvalue weighted by atomic mass is 9.95. The molecule has 0 atom stereocenters. The number of nitrogens with zero attached hydrogens (tertiary/aromatic N) is 2. The van der Waals surface area contributed by atoms with E-state index in [0.29, 0.717) is 0 Å². The van der Waals surface area contributed by atoms with Crippen molar-refractivity contribution < 1.29 is 9.47 Å². The number of benzene rings is 2. The molecule has 0 radical (unpaired) electrons. The van der Waals surface area contributed by atoms with Crippen LogP contribution in [0.2, 0.25) is 0 Å². The lowest BCUT2D eigenvalue weighted by Crippen LogP contribution is -2.30. The van der Waals surface area contributed by atoms with Crippen molar-refractivity contribution >= 4 is 5.69 Å². The van der Waals surface area contributed by atoms with Gasteiger partial charge in [-0.05, 0) is 49.9 Å². The molecule has 130 valence electrons. The summed E-state index contributed by atoms with van der Waals surface area (Å²) in [5.41, 5.74) is 4.71. The molecule has 4 nitrogen and oxygen atoms in total. The van der Waals surface area contributed by atoms with Crippen LogP contribution in [0, 0.1) is 18.3 Å². The Morgan fingerprint density at radius 2 is 1.68 bits per heavy atom. The van der Waals surface area contributed by atoms with Gasteiger partial charge in [-0.2, -0.15) is 5.26 Å². The molecular weight excluding hydrogens is 312 g/mol. The van der Waals surface area contributed by atoms with Gasteiger partial charge in [0.25, 0.3) is 0 Å². The van der Waals surface area contributed by atoms with E-state index in [1.165, 1.54) is 19.3 Å². The number of rotatable bonds is 4. The molecule has 1 aliphatic rings. The first kappa shape index (κ1) is 17.2. The molecule has 2 aromatic rings. The van der Waals surface area contributed by atoms with Gasteiger partial charge in [0.15, 0.2) is 0 Å². The van der Waals surface area contributed by atoms with Gasteiger partial charge >= 0.3 is 0 Å². The number of nitriles is 1. The van der Waals surface area contributed by atoms with Crippen LogP contribution in [-0.4, -0.2) is 27.3 Å². The van der Waals surface area contributed by atoms with Crippen molar-refractivity contribution in [2.24, 2.45) is 0 Å². The van der Waals surface area contributed by atoms with E-state index in [1.807, 2.05) is 31.2 Å². The van der Waals surface area contributed by atoms with Gasteiger partial charge in [0, 0.05) is 24.2 Å². The Labute approximate surface area is 149 Å². The highest BCUT2D eigenvalue weighted by Gasteiger charge is 2.22. The molecule has 0 aliphatic carbocycles. The minimum Gasteiger partial charge on any atom is -0.497 e. The van der Waals surface area contributed by atoms with Crippen LogP contribution in [-0.2, 0) is 0 Å². The van der Waals surface area contributed by atoms with Gasteiger partial charge in [0.1, 0.15) is 17.6 Å². The number of piperidine rings is 1. The van der Waals surface area contributed by atoms with Gasteiger partial charge in [-0.25, -0.2) is 0 Å². The van der Waals surface area contributed by atoms with E-state index >= 15 is 0 Å². The first-order chi connectivity index (χ1) is 12.2. The average Bonchev–Trinajstić information content (AvgIpc) is 2.68. The molecule has 1 fully saturated rings. The first-order valence-electron chi connectivity index (χ1n) is 8.70. The second kappa shape index (κ2) is 7.48. The Morgan fingerprint density at radius 1 is 1.00 bits per heavy atom. The Hall–Kier alpha value is -2.67. The van der Waals surface area contributed by atoms with Gasteiger partial charge in [-0.1, -0.05) is 12.1 Å². The topological polar surface area (TPSA) is 45.5 Å². The summed E-state index contributed by atoms with van der Waals surface area (Å²) in [6.07, 6.45) is 3.61. The standard InChI is InChI=1S/C21H24N2O2/c1-15-19(14-22)20(23-11-5-4-6-12-23)13-18(21(15)25-3)16-7-9-17(24-2)10-8-16/h7-10,13H,4-6,11-12H2,1-3H3. The summed E-state index contributed by atoms with van der Waals surface area (Å²) in [7, 11) is 3.33. The summed E-state index contributed by atoms with van der Waals surface area (Å²) in [5, 5.41) is 9.73. The SMILES string of the molecule is COc1ccc(-c2cc(N3CCCCC3)c(C#N)c(C)c2OC)cc1. The normalized spacial score (nSPS) is 14.1. The van der Waals surface area contributed by atoms with Crippen molar-refractivity contribution in [2.75, 3.05) is 32.2 Å². The average molecular weight is 336 g/mol. The largest absolute Gasteiger partial charge is 0.497 e. The minimum atomic E-state index is 0.719. The van der Waals surface area contributed by atoms with Crippen LogP contribution in [0.3, 0.4) is 0 Å². The molecule has 1 aliphatic heterocycles. The number of ether oxygens (including phenoxy) is 2. The number of anilines is 1. The molecule has 0 unspecified atom stereocenters. The summed E-state index contributed by atoms with van der Waals surface area (Å²) >= 11 is 0. The maximum absolute atomic E-state index is 9.73. The molecule has 0 saturated carbocycles. The molecule has 0 N–H and O–H groups in total. The Morgan fingerprint density at radius 3 is 2.24 bits per heavy atom. The first-order valence-corrected chi connectivity index (χ1v) is 8.70. The van der Waals surface area contributed by atoms with E-state index in [-0.39, 0.29) is 0 Å². The van der Waals surface area contributed by atoms with Crippen LogP contribution < -0.4 is 14.4 Å². The van der Waals surface area contributed by atoms with Crippen LogP contribution in [0.4, 0.5) is 5.69 Å². The van der Waals surface area contributed by atoms with E-state index < -0.39 is 0 Å². The molecule has 25 heavy (non-hydrogen) atoms. The quantitative estimate of drug-likeness (QED) is 0.822. The molecule has 2 aromatic carbocycles. The fraction of sp³-hybridized carbons (Fsp3) is 0.381. The van der Waals surface area contributed by atoms with Crippen LogP contribution in [0.15, 0.2) is 30.3 Å². The van der Waals surface area contributed by atoms with Gasteiger partial charge in [-0.15, -0.1) is 0 Å². The Bertz CT molecular complexity index is 785. The van der Waals surface area contributed by atoms with E-state index in [4.69, 9.17) is 9.47 Å². The smallest absolute Gasteiger partial charge is 0.131 e. The molecule has 0 aromatic heterocycles. The molecule has 3 rings (SSSR count). The van der Waals surface area contributed by atoms with E-state index in [1.54, 1.807) is 14.2 Å². The Kier molecular flexibility index (Phi) is 5.14. The molecule has 1 saturated heterocycles. The van der Waals surface area contributed by atoms with Gasteiger partial charge in [-0.3, -0.25) is 0 Å². The predicted molar refractivity (Wildman–Crippen MR) is 100 cm³/mol. The summed E-state index contributed by atoms with van der Waals surface area (Å²) in [6.45, 7) is 3.98. The summed E-state index contributed by atoms with van der Waals surface area (Å²) < 4.78 is 10.9. The summed E-state index contributed by atoms with van der Waals surface area (Å²) in [6, 6.07) is 12.5. The lowest BCUT2D eigenvalue weighted by molar-refractivity contribution is 0.412. The predicted octanol–water partition coefficient (Wildman–Crippen LogP) is 4.54. The third kappa shape index (κ3) is 3.28. The highest BCUT2D eigenvalue weighted by Crippen LogP contribution is 2.41. The monoisotopic (exact) mass is 336 g/mol. The molecule has 1 heterocycles. The van der Waals surface area contributed by atoms with Gasteiger partial charge in [0.2, 0.25) is 0 Å². The fourth-order valence-electron chi connectivity index (χ4n) is 3.56. The Balaban J connectivity index is 2.15. The third-order valence-electron chi connectivity index (χ3n) is 4.91. The lowest BCUT2D eigenvalue weighted by Gasteiger charge is -2.31. The van der Waals surface area contributed by atoms with Crippen LogP contribution in [0.25, 0.3) is 11.1 Å². The van der Waals surface area contributed by atoms with Crippen molar-refractivity contribution in [3.8, 4) is 28.7 Å². The molecular formula is C21H24N2O2. The van der Waals surface area contributed by atoms with Crippen LogP contribution in [0.5, 0.6) is 11.5 Å². The van der Waals surface area contributed by atoms with Crippen LogP contribution >= 0.6 is 0 Å². The zero-order chi connectivity index (χ0) is 17.8. The van der Waals surface area contributed by atoms with Crippen LogP contribution in [0.1, 0.15) is 30.4 Å². The van der Waals surface area contributed by atoms with E-state index in [2.05, 4.69) is 17.0 Å². The van der Waals surface area contributed by atoms with Gasteiger partial charge in [0.05, 0.1) is 25.5 Å². The van der Waals surface area contributed by atoms with Crippen molar-refractivity contribution in [1.29, 1.82) is 5.26 Å². The number of hydrogen-bond donors (Lipinski definition) is 0. The zero-order valence-corrected chi connectivity index (χ0v) is 15.1. The zero-order valence-electron chi connectivity index (χ0n) is 15.1. The molecule has 4 heteroatoms. The van der Waals surface area contributed by atoms with Crippen molar-refractivity contribution in [2.45, 2.75) is 26.2 Å². The maximum Gasteiger partial charge on any atom is 0.131 e. The van der Waals surface area contributed by atoms with Crippen molar-refractivity contribution in [3.63, 3.8) is 0 Å². The second-order valence-electron chi connectivity index (χ2n) is 6.36. The fourth-order valence-corrected chi connectivity index (χ4v) is 3.56. The number of hydrogen-bond acceptors (Lipinski definition) is 4. The van der Waals surface area contributed by atoms with Crippen molar-refractivity contribution in [3.05, 3.63) is 41.5 Å². The highest BCUT2D eigenvalue weighted by molar-refractivity contribution is 5.81.